The number of aromatic nitrogens is 2. The van der Waals surface area contributed by atoms with Crippen molar-refractivity contribution in [2.75, 3.05) is 6.54 Å². The summed E-state index contributed by atoms with van der Waals surface area (Å²) in [6.45, 7) is 6.60. The van der Waals surface area contributed by atoms with Crippen molar-refractivity contribution in [2.24, 2.45) is 0 Å². The molecule has 2 amide bonds. The van der Waals surface area contributed by atoms with Crippen LogP contribution in [0.3, 0.4) is 0 Å². The SMILES string of the molecule is CC(C)(C)N1CC(NC(=O)Cc2cn3ccsc3n2)CC1=O. The fraction of sp³-hybridized carbons (Fsp3) is 0.533. The smallest absolute Gasteiger partial charge is 0.226 e. The number of carbonyl (C=O) groups is 2. The Balaban J connectivity index is 1.58. The maximum Gasteiger partial charge on any atom is 0.226 e. The number of nitrogens with one attached hydrogen (secondary N) is 1. The summed E-state index contributed by atoms with van der Waals surface area (Å²) in [6, 6.07) is -0.108. The largest absolute Gasteiger partial charge is 0.351 e. The predicted octanol–water partition coefficient (Wildman–Crippen LogP) is 1.45. The summed E-state index contributed by atoms with van der Waals surface area (Å²) < 4.78 is 1.91. The average molecular weight is 320 g/mol. The Morgan fingerprint density at radius 1 is 1.50 bits per heavy atom. The first-order valence-corrected chi connectivity index (χ1v) is 8.22. The fourth-order valence-corrected chi connectivity index (χ4v) is 3.48. The zero-order valence-electron chi connectivity index (χ0n) is 13.0. The Labute approximate surface area is 133 Å². The van der Waals surface area contributed by atoms with Gasteiger partial charge in [-0.1, -0.05) is 0 Å². The van der Waals surface area contributed by atoms with Gasteiger partial charge < -0.3 is 10.2 Å². The molecule has 0 radical (unpaired) electrons. The molecule has 1 unspecified atom stereocenters. The van der Waals surface area contributed by atoms with Crippen LogP contribution >= 0.6 is 11.3 Å². The van der Waals surface area contributed by atoms with Crippen LogP contribution in [-0.2, 0) is 16.0 Å². The van der Waals surface area contributed by atoms with Gasteiger partial charge in [0, 0.05) is 36.3 Å². The fourth-order valence-electron chi connectivity index (χ4n) is 2.76. The van der Waals surface area contributed by atoms with Crippen LogP contribution in [0.4, 0.5) is 0 Å². The molecule has 118 valence electrons. The van der Waals surface area contributed by atoms with E-state index in [9.17, 15) is 9.59 Å². The van der Waals surface area contributed by atoms with Gasteiger partial charge in [0.05, 0.1) is 18.2 Å². The standard InChI is InChI=1S/C15H20N4O2S/c1-15(2,3)19-9-11(7-13(19)21)16-12(20)6-10-8-18-4-5-22-14(18)17-10/h4-5,8,11H,6-7,9H2,1-3H3,(H,16,20). The third-order valence-electron chi connectivity index (χ3n) is 3.78. The molecule has 0 aliphatic carbocycles. The van der Waals surface area contributed by atoms with E-state index in [1.165, 1.54) is 0 Å². The molecule has 1 N–H and O–H groups in total. The van der Waals surface area contributed by atoms with Crippen molar-refractivity contribution < 1.29 is 9.59 Å². The Kier molecular flexibility index (Phi) is 3.68. The first-order chi connectivity index (χ1) is 10.3. The molecule has 1 atom stereocenters. The van der Waals surface area contributed by atoms with E-state index in [1.807, 2.05) is 47.8 Å². The number of nitrogens with zero attached hydrogens (tertiary/aromatic N) is 3. The van der Waals surface area contributed by atoms with Gasteiger partial charge in [-0.3, -0.25) is 14.0 Å². The van der Waals surface area contributed by atoms with Crippen LogP contribution in [0.2, 0.25) is 0 Å². The van der Waals surface area contributed by atoms with Crippen molar-refractivity contribution in [1.29, 1.82) is 0 Å². The van der Waals surface area contributed by atoms with Crippen LogP contribution in [0.25, 0.3) is 4.96 Å². The lowest BCUT2D eigenvalue weighted by atomic mass is 10.1. The number of fused-ring (bicyclic) bond motifs is 1. The summed E-state index contributed by atoms with van der Waals surface area (Å²) >= 11 is 1.54. The van der Waals surface area contributed by atoms with Crippen LogP contribution in [0, 0.1) is 0 Å². The molecular weight excluding hydrogens is 300 g/mol. The van der Waals surface area contributed by atoms with Crippen molar-refractivity contribution in [3.05, 3.63) is 23.5 Å². The van der Waals surface area contributed by atoms with Crippen molar-refractivity contribution >= 4 is 28.1 Å². The van der Waals surface area contributed by atoms with E-state index in [1.54, 1.807) is 11.3 Å². The molecule has 1 saturated heterocycles. The summed E-state index contributed by atoms with van der Waals surface area (Å²) in [5.74, 6) is 0.0135. The second-order valence-corrected chi connectivity index (χ2v) is 7.52. The summed E-state index contributed by atoms with van der Waals surface area (Å²) in [5.41, 5.74) is 0.548. The van der Waals surface area contributed by atoms with E-state index >= 15 is 0 Å². The lowest BCUT2D eigenvalue weighted by molar-refractivity contribution is -0.131. The first-order valence-electron chi connectivity index (χ1n) is 7.34. The molecule has 0 spiro atoms. The molecule has 1 aliphatic rings. The second-order valence-electron chi connectivity index (χ2n) is 6.65. The lowest BCUT2D eigenvalue weighted by Gasteiger charge is -2.32. The molecule has 2 aromatic rings. The zero-order chi connectivity index (χ0) is 15.9. The number of amides is 2. The summed E-state index contributed by atoms with van der Waals surface area (Å²) in [6.07, 6.45) is 4.41. The molecule has 1 aliphatic heterocycles. The van der Waals surface area contributed by atoms with Crippen LogP contribution in [-0.4, -0.2) is 44.2 Å². The molecule has 0 bridgehead atoms. The summed E-state index contributed by atoms with van der Waals surface area (Å²) in [5, 5.41) is 4.90. The first kappa shape index (κ1) is 15.0. The number of likely N-dealkylation sites (tertiary alicyclic amines) is 1. The molecule has 1 fully saturated rings. The minimum absolute atomic E-state index is 0.0840. The van der Waals surface area contributed by atoms with Crippen LogP contribution < -0.4 is 5.32 Å². The third-order valence-corrected chi connectivity index (χ3v) is 4.56. The zero-order valence-corrected chi connectivity index (χ0v) is 13.8. The molecule has 0 aromatic carbocycles. The van der Waals surface area contributed by atoms with Crippen LogP contribution in [0.1, 0.15) is 32.9 Å². The van der Waals surface area contributed by atoms with Crippen LogP contribution in [0.5, 0.6) is 0 Å². The van der Waals surface area contributed by atoms with Gasteiger partial charge >= 0.3 is 0 Å². The van der Waals surface area contributed by atoms with Crippen molar-refractivity contribution in [3.63, 3.8) is 0 Å². The Morgan fingerprint density at radius 3 is 2.91 bits per heavy atom. The number of hydrogen-bond acceptors (Lipinski definition) is 4. The Morgan fingerprint density at radius 2 is 2.27 bits per heavy atom. The molecule has 2 aromatic heterocycles. The van der Waals surface area contributed by atoms with E-state index in [-0.39, 0.29) is 29.8 Å². The van der Waals surface area contributed by atoms with Crippen molar-refractivity contribution in [2.45, 2.75) is 45.2 Å². The third kappa shape index (κ3) is 2.99. The van der Waals surface area contributed by atoms with E-state index < -0.39 is 0 Å². The minimum Gasteiger partial charge on any atom is -0.351 e. The quantitative estimate of drug-likeness (QED) is 0.931. The molecular formula is C15H20N4O2S. The monoisotopic (exact) mass is 320 g/mol. The number of thiazole rings is 1. The predicted molar refractivity (Wildman–Crippen MR) is 84.8 cm³/mol. The lowest BCUT2D eigenvalue weighted by Crippen LogP contribution is -2.44. The summed E-state index contributed by atoms with van der Waals surface area (Å²) in [7, 11) is 0. The highest BCUT2D eigenvalue weighted by atomic mass is 32.1. The molecule has 6 nitrogen and oxygen atoms in total. The minimum atomic E-state index is -0.204. The molecule has 0 saturated carbocycles. The highest BCUT2D eigenvalue weighted by Gasteiger charge is 2.36. The summed E-state index contributed by atoms with van der Waals surface area (Å²) in [4.78, 5) is 31.3. The van der Waals surface area contributed by atoms with E-state index in [0.29, 0.717) is 13.0 Å². The Hall–Kier alpha value is -1.89. The van der Waals surface area contributed by atoms with Crippen molar-refractivity contribution in [3.8, 4) is 0 Å². The number of rotatable bonds is 3. The highest BCUT2D eigenvalue weighted by Crippen LogP contribution is 2.22. The van der Waals surface area contributed by atoms with Crippen molar-refractivity contribution in [1.82, 2.24) is 19.6 Å². The van der Waals surface area contributed by atoms with Gasteiger partial charge in [-0.25, -0.2) is 4.98 Å². The molecule has 7 heteroatoms. The van der Waals surface area contributed by atoms with Gasteiger partial charge in [0.25, 0.3) is 0 Å². The van der Waals surface area contributed by atoms with Gasteiger partial charge in [-0.15, -0.1) is 11.3 Å². The van der Waals surface area contributed by atoms with Gasteiger partial charge in [0.15, 0.2) is 4.96 Å². The van der Waals surface area contributed by atoms with Gasteiger partial charge in [-0.2, -0.15) is 0 Å². The normalized spacial score (nSPS) is 19.1. The molecule has 3 rings (SSSR count). The van der Waals surface area contributed by atoms with E-state index in [2.05, 4.69) is 10.3 Å². The second kappa shape index (κ2) is 5.39. The van der Waals surface area contributed by atoms with Gasteiger partial charge in [0.2, 0.25) is 11.8 Å². The van der Waals surface area contributed by atoms with E-state index in [4.69, 9.17) is 0 Å². The number of carbonyl (C=O) groups excluding carboxylic acids is 2. The highest BCUT2D eigenvalue weighted by molar-refractivity contribution is 7.15. The van der Waals surface area contributed by atoms with Gasteiger partial charge in [0.1, 0.15) is 0 Å². The maximum absolute atomic E-state index is 12.1. The topological polar surface area (TPSA) is 66.7 Å². The number of hydrogen-bond donors (Lipinski definition) is 1. The molecule has 3 heterocycles. The maximum atomic E-state index is 12.1. The van der Waals surface area contributed by atoms with Gasteiger partial charge in [-0.05, 0) is 20.8 Å². The molecule has 22 heavy (non-hydrogen) atoms. The van der Waals surface area contributed by atoms with E-state index in [0.717, 1.165) is 10.7 Å². The number of imidazole rings is 1. The Bertz CT molecular complexity index is 684. The van der Waals surface area contributed by atoms with Crippen LogP contribution in [0.15, 0.2) is 17.8 Å². The average Bonchev–Trinajstić information content (AvgIpc) is 3.02.